The van der Waals surface area contributed by atoms with E-state index in [9.17, 15) is 0 Å². The van der Waals surface area contributed by atoms with Crippen LogP contribution in [0, 0.1) is 0 Å². The smallest absolute Gasteiger partial charge is 0.0664 e. The Labute approximate surface area is 279 Å². The van der Waals surface area contributed by atoms with E-state index < -0.39 is 0 Å². The minimum atomic E-state index is 0.108. The molecule has 0 aliphatic carbocycles. The highest BCUT2D eigenvalue weighted by atomic mass is 14.9. The molecule has 2 unspecified atom stereocenters. The zero-order valence-corrected chi connectivity index (χ0v) is 27.5. The summed E-state index contributed by atoms with van der Waals surface area (Å²) in [7, 11) is 0. The van der Waals surface area contributed by atoms with Crippen LogP contribution in [0.2, 0.25) is 0 Å². The van der Waals surface area contributed by atoms with E-state index in [0.717, 1.165) is 56.5 Å². The molecule has 0 aromatic heterocycles. The van der Waals surface area contributed by atoms with E-state index in [1.54, 1.807) is 6.20 Å². The van der Waals surface area contributed by atoms with Crippen molar-refractivity contribution >= 4 is 44.2 Å². The summed E-state index contributed by atoms with van der Waals surface area (Å²) in [5.74, 6) is 0.299. The molecule has 0 bridgehead atoms. The van der Waals surface area contributed by atoms with Crippen LogP contribution < -0.4 is 16.4 Å². The van der Waals surface area contributed by atoms with Crippen molar-refractivity contribution in [3.63, 3.8) is 0 Å². The summed E-state index contributed by atoms with van der Waals surface area (Å²) in [5.41, 5.74) is 15.8. The third-order valence-corrected chi connectivity index (χ3v) is 9.20. The summed E-state index contributed by atoms with van der Waals surface area (Å²) in [6, 6.07) is 36.9. The average molecular weight is 614 g/mol. The van der Waals surface area contributed by atoms with Crippen molar-refractivity contribution in [3.05, 3.63) is 180 Å². The summed E-state index contributed by atoms with van der Waals surface area (Å²) in [5, 5.41) is 12.3. The number of hydrogen-bond acceptors (Lipinski definition) is 3. The second-order valence-electron chi connectivity index (χ2n) is 12.2. The summed E-state index contributed by atoms with van der Waals surface area (Å²) < 4.78 is 0. The van der Waals surface area contributed by atoms with Crippen molar-refractivity contribution in [1.82, 2.24) is 5.32 Å². The van der Waals surface area contributed by atoms with E-state index in [2.05, 4.69) is 165 Å². The van der Waals surface area contributed by atoms with Crippen molar-refractivity contribution in [2.24, 2.45) is 5.73 Å². The molecule has 0 amide bonds. The van der Waals surface area contributed by atoms with Crippen LogP contribution in [0.4, 0.5) is 11.4 Å². The lowest BCUT2D eigenvalue weighted by Crippen LogP contribution is -2.29. The van der Waals surface area contributed by atoms with Gasteiger partial charge in [-0.15, -0.1) is 0 Å². The maximum absolute atomic E-state index is 5.66. The van der Waals surface area contributed by atoms with Gasteiger partial charge in [0.05, 0.1) is 11.7 Å². The first-order chi connectivity index (χ1) is 22.9. The first kappa shape index (κ1) is 31.4. The average Bonchev–Trinajstić information content (AvgIpc) is 3.12. The molecule has 0 saturated heterocycles. The van der Waals surface area contributed by atoms with Crippen LogP contribution in [-0.2, 0) is 0 Å². The molecule has 0 fully saturated rings. The van der Waals surface area contributed by atoms with E-state index >= 15 is 0 Å². The van der Waals surface area contributed by atoms with Gasteiger partial charge in [-0.05, 0) is 101 Å². The van der Waals surface area contributed by atoms with E-state index in [0.29, 0.717) is 5.92 Å². The number of nitrogens with two attached hydrogens (primary N) is 1. The molecule has 1 aliphatic heterocycles. The Morgan fingerprint density at radius 3 is 2.43 bits per heavy atom. The number of para-hydroxylation sites is 1. The predicted octanol–water partition coefficient (Wildman–Crippen LogP) is 11.2. The summed E-state index contributed by atoms with van der Waals surface area (Å²) in [4.78, 5) is 0. The summed E-state index contributed by atoms with van der Waals surface area (Å²) in [6.07, 6.45) is 15.5. The van der Waals surface area contributed by atoms with Gasteiger partial charge in [-0.3, -0.25) is 0 Å². The highest BCUT2D eigenvalue weighted by molar-refractivity contribution is 6.03. The Bertz CT molecular complexity index is 2070. The molecule has 3 nitrogen and oxygen atoms in total. The van der Waals surface area contributed by atoms with Gasteiger partial charge in [0, 0.05) is 28.3 Å². The van der Waals surface area contributed by atoms with Crippen molar-refractivity contribution in [1.29, 1.82) is 0 Å². The molecule has 0 radical (unpaired) electrons. The quantitative estimate of drug-likeness (QED) is 0.137. The summed E-state index contributed by atoms with van der Waals surface area (Å²) in [6.45, 7) is 11.0. The lowest BCUT2D eigenvalue weighted by Gasteiger charge is -2.24. The number of rotatable bonds is 10. The van der Waals surface area contributed by atoms with Crippen molar-refractivity contribution in [3.8, 4) is 0 Å². The Morgan fingerprint density at radius 2 is 1.64 bits per heavy atom. The SMILES string of the molecule is C=C(/C=C\C(CC)c1ccc2ccccc2c1)c1ccc2cc(C3=CC=CC(/C(C)=C(C)/C=C\N)N3)ccc2c1Nc1ccccc1. The van der Waals surface area contributed by atoms with Gasteiger partial charge in [0.2, 0.25) is 0 Å². The molecular formula is C44H43N3. The Morgan fingerprint density at radius 1 is 0.872 bits per heavy atom. The van der Waals surface area contributed by atoms with Crippen LogP contribution in [0.3, 0.4) is 0 Å². The van der Waals surface area contributed by atoms with E-state index in [1.807, 2.05) is 12.1 Å². The third kappa shape index (κ3) is 7.00. The third-order valence-electron chi connectivity index (χ3n) is 9.20. The van der Waals surface area contributed by atoms with Gasteiger partial charge in [-0.25, -0.2) is 0 Å². The van der Waals surface area contributed by atoms with Crippen molar-refractivity contribution < 1.29 is 0 Å². The van der Waals surface area contributed by atoms with Gasteiger partial charge in [0.15, 0.2) is 0 Å². The highest BCUT2D eigenvalue weighted by Gasteiger charge is 2.17. The minimum absolute atomic E-state index is 0.108. The highest BCUT2D eigenvalue weighted by Crippen LogP contribution is 2.37. The Hall–Kier alpha value is -5.54. The molecule has 0 spiro atoms. The van der Waals surface area contributed by atoms with Crippen molar-refractivity contribution in [2.75, 3.05) is 5.32 Å². The van der Waals surface area contributed by atoms with Crippen LogP contribution >= 0.6 is 0 Å². The van der Waals surface area contributed by atoms with Gasteiger partial charge in [-0.1, -0.05) is 123 Å². The number of anilines is 2. The molecule has 5 aromatic carbocycles. The second kappa shape index (κ2) is 14.3. The number of nitrogens with one attached hydrogen (secondary N) is 2. The number of benzene rings is 5. The molecule has 2 atom stereocenters. The number of fused-ring (bicyclic) bond motifs is 2. The van der Waals surface area contributed by atoms with Gasteiger partial charge in [0.1, 0.15) is 0 Å². The molecule has 1 aliphatic rings. The first-order valence-corrected chi connectivity index (χ1v) is 16.4. The number of allylic oxidation sites excluding steroid dienone is 7. The molecule has 5 aromatic rings. The minimum Gasteiger partial charge on any atom is -0.405 e. The van der Waals surface area contributed by atoms with Crippen molar-refractivity contribution in [2.45, 2.75) is 39.2 Å². The van der Waals surface area contributed by atoms with Gasteiger partial charge >= 0.3 is 0 Å². The monoisotopic (exact) mass is 613 g/mol. The largest absolute Gasteiger partial charge is 0.405 e. The molecule has 3 heteroatoms. The molecule has 0 saturated carbocycles. The zero-order chi connectivity index (χ0) is 32.8. The molecule has 4 N–H and O–H groups in total. The number of dihydropyridines is 1. The number of hydrogen-bond donors (Lipinski definition) is 3. The van der Waals surface area contributed by atoms with Crippen LogP contribution in [0.15, 0.2) is 164 Å². The lowest BCUT2D eigenvalue weighted by atomic mass is 9.91. The molecular weight excluding hydrogens is 571 g/mol. The van der Waals surface area contributed by atoms with Crippen LogP contribution in [-0.4, -0.2) is 6.04 Å². The topological polar surface area (TPSA) is 50.1 Å². The van der Waals surface area contributed by atoms with Gasteiger partial charge in [-0.2, -0.15) is 0 Å². The van der Waals surface area contributed by atoms with Crippen LogP contribution in [0.5, 0.6) is 0 Å². The van der Waals surface area contributed by atoms with E-state index in [4.69, 9.17) is 5.73 Å². The maximum Gasteiger partial charge on any atom is 0.0664 e. The fourth-order valence-electron chi connectivity index (χ4n) is 6.29. The normalized spacial score (nSPS) is 15.9. The second-order valence-corrected chi connectivity index (χ2v) is 12.2. The summed E-state index contributed by atoms with van der Waals surface area (Å²) >= 11 is 0. The van der Waals surface area contributed by atoms with Crippen LogP contribution in [0.1, 0.15) is 49.8 Å². The fraction of sp³-hybridized carbons (Fsp3) is 0.136. The van der Waals surface area contributed by atoms with Gasteiger partial charge < -0.3 is 16.4 Å². The Balaban J connectivity index is 1.33. The molecule has 234 valence electrons. The maximum atomic E-state index is 5.66. The van der Waals surface area contributed by atoms with E-state index in [-0.39, 0.29) is 6.04 Å². The molecule has 1 heterocycles. The van der Waals surface area contributed by atoms with E-state index in [1.165, 1.54) is 21.9 Å². The molecule has 6 rings (SSSR count). The first-order valence-electron chi connectivity index (χ1n) is 16.4. The van der Waals surface area contributed by atoms with Gasteiger partial charge in [0.25, 0.3) is 0 Å². The van der Waals surface area contributed by atoms with Crippen LogP contribution in [0.25, 0.3) is 32.8 Å². The predicted molar refractivity (Wildman–Crippen MR) is 205 cm³/mol. The fourth-order valence-corrected chi connectivity index (χ4v) is 6.29. The zero-order valence-electron chi connectivity index (χ0n) is 27.5. The Kier molecular flexibility index (Phi) is 9.54. The standard InChI is InChI=1S/C44H43N3/c1-5-33(36-21-20-34-12-9-10-13-35(34)28-36)19-18-31(3)40-24-22-37-29-38(23-25-41(37)44(40)46-39-14-7-6-8-15-39)43-17-11-16-42(47-43)32(4)30(2)26-27-45/h6-29,33,42,46-47H,3,5,45H2,1-2,4H3/b19-18-,27-26-,32-30+. The molecule has 47 heavy (non-hydrogen) atoms. The lowest BCUT2D eigenvalue weighted by molar-refractivity contribution is 0.795.